The number of hydrogen-bond acceptors (Lipinski definition) is 4. The van der Waals surface area contributed by atoms with Gasteiger partial charge in [0.2, 0.25) is 0 Å². The van der Waals surface area contributed by atoms with Gasteiger partial charge in [0, 0.05) is 5.39 Å². The third-order valence-electron chi connectivity index (χ3n) is 1.87. The summed E-state index contributed by atoms with van der Waals surface area (Å²) in [6.45, 7) is 1.19. The Balaban J connectivity index is 0.000000124. The molecule has 1 N–H and O–H groups in total. The standard InChI is InChI=1S/C7H5NO.C3H5NO2/c1-2-4-7-6(3-1)5-8-9-7;5-3-4-1-2-6-3/h1-5H;1-2H2,(H,4,5). The first-order chi connectivity index (χ1) is 7.36. The SMILES string of the molecule is O=C1NCCO1.c1ccc2oncc2c1. The van der Waals surface area contributed by atoms with Crippen LogP contribution >= 0.6 is 0 Å². The molecule has 1 saturated heterocycles. The maximum absolute atomic E-state index is 9.91. The van der Waals surface area contributed by atoms with Crippen LogP contribution in [0.3, 0.4) is 0 Å². The number of aromatic nitrogens is 1. The first kappa shape index (κ1) is 9.51. The lowest BCUT2D eigenvalue weighted by Crippen LogP contribution is -2.11. The van der Waals surface area contributed by atoms with E-state index >= 15 is 0 Å². The Morgan fingerprint density at radius 1 is 1.33 bits per heavy atom. The molecule has 1 aliphatic heterocycles. The van der Waals surface area contributed by atoms with Crippen LogP contribution in [-0.2, 0) is 4.74 Å². The van der Waals surface area contributed by atoms with E-state index in [0.717, 1.165) is 11.0 Å². The molecule has 1 amide bonds. The summed E-state index contributed by atoms with van der Waals surface area (Å²) in [4.78, 5) is 9.91. The summed E-state index contributed by atoms with van der Waals surface area (Å²) in [5, 5.41) is 7.14. The molecule has 1 aromatic carbocycles. The summed E-state index contributed by atoms with van der Waals surface area (Å²) < 4.78 is 9.27. The number of carbonyl (C=O) groups excluding carboxylic acids is 1. The van der Waals surface area contributed by atoms with Gasteiger partial charge in [-0.2, -0.15) is 0 Å². The van der Waals surface area contributed by atoms with Crippen LogP contribution in [0.4, 0.5) is 4.79 Å². The number of nitrogens with one attached hydrogen (secondary N) is 1. The zero-order chi connectivity index (χ0) is 10.5. The lowest BCUT2D eigenvalue weighted by atomic mass is 10.3. The predicted octanol–water partition coefficient (Wildman–Crippen LogP) is 1.55. The van der Waals surface area contributed by atoms with Gasteiger partial charge in [0.15, 0.2) is 5.58 Å². The molecular formula is C10H10N2O3. The van der Waals surface area contributed by atoms with Gasteiger partial charge in [-0.05, 0) is 12.1 Å². The van der Waals surface area contributed by atoms with Crippen LogP contribution in [0.5, 0.6) is 0 Å². The van der Waals surface area contributed by atoms with Crippen molar-refractivity contribution < 1.29 is 14.1 Å². The molecule has 1 fully saturated rings. The van der Waals surface area contributed by atoms with Crippen molar-refractivity contribution >= 4 is 17.1 Å². The second-order valence-corrected chi connectivity index (χ2v) is 2.93. The third-order valence-corrected chi connectivity index (χ3v) is 1.87. The molecule has 78 valence electrons. The Morgan fingerprint density at radius 2 is 2.20 bits per heavy atom. The smallest absolute Gasteiger partial charge is 0.407 e. The fraction of sp³-hybridized carbons (Fsp3) is 0.200. The first-order valence-corrected chi connectivity index (χ1v) is 4.56. The Hall–Kier alpha value is -2.04. The van der Waals surface area contributed by atoms with Crippen molar-refractivity contribution in [2.24, 2.45) is 0 Å². The highest BCUT2D eigenvalue weighted by atomic mass is 16.6. The van der Waals surface area contributed by atoms with Crippen molar-refractivity contribution in [3.05, 3.63) is 30.5 Å². The van der Waals surface area contributed by atoms with Crippen LogP contribution in [-0.4, -0.2) is 24.4 Å². The number of fused-ring (bicyclic) bond motifs is 1. The second kappa shape index (κ2) is 4.45. The minimum Gasteiger partial charge on any atom is -0.448 e. The zero-order valence-corrected chi connectivity index (χ0v) is 7.97. The van der Waals surface area contributed by atoms with E-state index in [1.54, 1.807) is 6.20 Å². The molecule has 0 aliphatic carbocycles. The number of alkyl carbamates (subject to hydrolysis) is 1. The molecule has 0 atom stereocenters. The number of para-hydroxylation sites is 1. The van der Waals surface area contributed by atoms with E-state index in [1.165, 1.54) is 0 Å². The molecule has 2 aromatic rings. The first-order valence-electron chi connectivity index (χ1n) is 4.56. The summed E-state index contributed by atoms with van der Waals surface area (Å²) >= 11 is 0. The van der Waals surface area contributed by atoms with Gasteiger partial charge in [0.1, 0.15) is 6.61 Å². The highest BCUT2D eigenvalue weighted by Gasteiger charge is 2.06. The lowest BCUT2D eigenvalue weighted by molar-refractivity contribution is 0.178. The Bertz CT molecular complexity index is 414. The van der Waals surface area contributed by atoms with Crippen molar-refractivity contribution in [2.75, 3.05) is 13.2 Å². The quantitative estimate of drug-likeness (QED) is 0.710. The molecule has 0 spiro atoms. The third kappa shape index (κ3) is 2.46. The molecule has 2 heterocycles. The summed E-state index contributed by atoms with van der Waals surface area (Å²) in [5.74, 6) is 0. The fourth-order valence-corrected chi connectivity index (χ4v) is 1.16. The van der Waals surface area contributed by atoms with Crippen LogP contribution in [0, 0.1) is 0 Å². The predicted molar refractivity (Wildman–Crippen MR) is 53.4 cm³/mol. The van der Waals surface area contributed by atoms with Crippen LogP contribution < -0.4 is 5.32 Å². The normalized spacial score (nSPS) is 14.0. The number of nitrogens with zero attached hydrogens (tertiary/aromatic N) is 1. The van der Waals surface area contributed by atoms with E-state index in [4.69, 9.17) is 4.52 Å². The second-order valence-electron chi connectivity index (χ2n) is 2.93. The van der Waals surface area contributed by atoms with E-state index in [9.17, 15) is 4.79 Å². The number of benzene rings is 1. The lowest BCUT2D eigenvalue weighted by Gasteiger charge is -1.80. The van der Waals surface area contributed by atoms with Crippen LogP contribution in [0.1, 0.15) is 0 Å². The van der Waals surface area contributed by atoms with Crippen molar-refractivity contribution in [3.63, 3.8) is 0 Å². The number of hydrogen-bond donors (Lipinski definition) is 1. The minimum absolute atomic E-state index is 0.296. The van der Waals surface area contributed by atoms with Gasteiger partial charge >= 0.3 is 6.09 Å². The van der Waals surface area contributed by atoms with Crippen molar-refractivity contribution in [1.82, 2.24) is 10.5 Å². The molecule has 0 saturated carbocycles. The Kier molecular flexibility index (Phi) is 2.82. The van der Waals surface area contributed by atoms with E-state index in [0.29, 0.717) is 13.2 Å². The van der Waals surface area contributed by atoms with Gasteiger partial charge in [0.05, 0.1) is 12.7 Å². The van der Waals surface area contributed by atoms with Crippen LogP contribution in [0.2, 0.25) is 0 Å². The van der Waals surface area contributed by atoms with E-state index in [-0.39, 0.29) is 6.09 Å². The fourth-order valence-electron chi connectivity index (χ4n) is 1.16. The van der Waals surface area contributed by atoms with Gasteiger partial charge in [-0.25, -0.2) is 4.79 Å². The number of amides is 1. The highest BCUT2D eigenvalue weighted by Crippen LogP contribution is 2.10. The highest BCUT2D eigenvalue weighted by molar-refractivity contribution is 5.75. The molecular weight excluding hydrogens is 196 g/mol. The molecule has 1 aliphatic rings. The molecule has 5 heteroatoms. The average molecular weight is 206 g/mol. The maximum Gasteiger partial charge on any atom is 0.407 e. The average Bonchev–Trinajstić information content (AvgIpc) is 2.88. The molecule has 5 nitrogen and oxygen atoms in total. The summed E-state index contributed by atoms with van der Waals surface area (Å²) in [5.41, 5.74) is 0.845. The minimum atomic E-state index is -0.296. The molecule has 0 unspecified atom stereocenters. The maximum atomic E-state index is 9.91. The Morgan fingerprint density at radius 3 is 2.80 bits per heavy atom. The van der Waals surface area contributed by atoms with Crippen molar-refractivity contribution in [2.45, 2.75) is 0 Å². The molecule has 3 rings (SSSR count). The van der Waals surface area contributed by atoms with Gasteiger partial charge in [-0.15, -0.1) is 0 Å². The largest absolute Gasteiger partial charge is 0.448 e. The summed E-state index contributed by atoms with van der Waals surface area (Å²) in [6.07, 6.45) is 1.41. The molecule has 0 bridgehead atoms. The topological polar surface area (TPSA) is 64.4 Å². The van der Waals surface area contributed by atoms with Gasteiger partial charge in [-0.1, -0.05) is 17.3 Å². The number of cyclic esters (lactones) is 1. The van der Waals surface area contributed by atoms with Gasteiger partial charge in [0.25, 0.3) is 0 Å². The van der Waals surface area contributed by atoms with Crippen LogP contribution in [0.15, 0.2) is 35.0 Å². The van der Waals surface area contributed by atoms with E-state index in [1.807, 2.05) is 24.3 Å². The van der Waals surface area contributed by atoms with Crippen molar-refractivity contribution in [1.29, 1.82) is 0 Å². The molecule has 1 aromatic heterocycles. The summed E-state index contributed by atoms with van der Waals surface area (Å²) in [7, 11) is 0. The van der Waals surface area contributed by atoms with Crippen molar-refractivity contribution in [3.8, 4) is 0 Å². The number of rotatable bonds is 0. The monoisotopic (exact) mass is 206 g/mol. The molecule has 15 heavy (non-hydrogen) atoms. The zero-order valence-electron chi connectivity index (χ0n) is 7.97. The van der Waals surface area contributed by atoms with E-state index < -0.39 is 0 Å². The number of ether oxygens (including phenoxy) is 1. The van der Waals surface area contributed by atoms with Gasteiger partial charge in [-0.3, -0.25) is 0 Å². The van der Waals surface area contributed by atoms with Gasteiger partial charge < -0.3 is 14.6 Å². The summed E-state index contributed by atoms with van der Waals surface area (Å²) in [6, 6.07) is 7.74. The molecule has 0 radical (unpaired) electrons. The van der Waals surface area contributed by atoms with Crippen LogP contribution in [0.25, 0.3) is 11.0 Å². The van der Waals surface area contributed by atoms with E-state index in [2.05, 4.69) is 15.2 Å². The Labute approximate surface area is 86.0 Å². The number of carbonyl (C=O) groups is 1.